The van der Waals surface area contributed by atoms with E-state index in [0.717, 1.165) is 34.8 Å². The Morgan fingerprint density at radius 3 is 3.05 bits per heavy atom. The Hall–Kier alpha value is -1.94. The maximum atomic E-state index is 12.2. The van der Waals surface area contributed by atoms with Crippen LogP contribution in [-0.4, -0.2) is 12.1 Å². The molecule has 0 aliphatic heterocycles. The highest BCUT2D eigenvalue weighted by atomic mass is 32.1. The maximum Gasteiger partial charge on any atom is 0.281 e. The van der Waals surface area contributed by atoms with Crippen LogP contribution in [0.1, 0.15) is 44.6 Å². The number of rotatable bonds is 3. The lowest BCUT2D eigenvalue weighted by Crippen LogP contribution is -2.16. The summed E-state index contributed by atoms with van der Waals surface area (Å²) in [6.45, 7) is 4.30. The number of fused-ring (bicyclic) bond motifs is 1. The molecule has 1 amide bonds. The van der Waals surface area contributed by atoms with Crippen molar-refractivity contribution in [3.63, 3.8) is 0 Å². The van der Waals surface area contributed by atoms with E-state index < -0.39 is 0 Å². The molecule has 0 saturated heterocycles. The first-order chi connectivity index (χ1) is 10.6. The van der Waals surface area contributed by atoms with Gasteiger partial charge in [0.05, 0.1) is 11.1 Å². The minimum absolute atomic E-state index is 0.114. The lowest BCUT2D eigenvalue weighted by atomic mass is 9.90. The van der Waals surface area contributed by atoms with Crippen molar-refractivity contribution in [3.05, 3.63) is 56.8 Å². The summed E-state index contributed by atoms with van der Waals surface area (Å²) in [5.74, 6) is 0.606. The van der Waals surface area contributed by atoms with Crippen molar-refractivity contribution in [2.24, 2.45) is 11.0 Å². The molecule has 0 unspecified atom stereocenters. The molecule has 3 nitrogen and oxygen atoms in total. The van der Waals surface area contributed by atoms with E-state index in [4.69, 9.17) is 0 Å². The first-order valence-corrected chi connectivity index (χ1v) is 8.46. The van der Waals surface area contributed by atoms with Crippen molar-refractivity contribution in [1.82, 2.24) is 5.43 Å². The number of thiophene rings is 1. The molecule has 0 spiro atoms. The van der Waals surface area contributed by atoms with Crippen molar-refractivity contribution >= 4 is 23.5 Å². The van der Waals surface area contributed by atoms with Gasteiger partial charge in [-0.25, -0.2) is 5.43 Å². The Morgan fingerprint density at radius 2 is 2.23 bits per heavy atom. The zero-order valence-electron chi connectivity index (χ0n) is 12.9. The number of carbonyl (C=O) groups excluding carboxylic acids is 1. The molecule has 2 aromatic rings. The van der Waals surface area contributed by atoms with E-state index in [1.165, 1.54) is 16.9 Å². The second kappa shape index (κ2) is 6.44. The van der Waals surface area contributed by atoms with Gasteiger partial charge in [-0.3, -0.25) is 4.79 Å². The molecule has 1 aliphatic carbocycles. The highest BCUT2D eigenvalue weighted by molar-refractivity contribution is 7.14. The minimum atomic E-state index is -0.114. The summed E-state index contributed by atoms with van der Waals surface area (Å²) in [5.41, 5.74) is 6.14. The Kier molecular flexibility index (Phi) is 4.39. The predicted molar refractivity (Wildman–Crippen MR) is 91.7 cm³/mol. The summed E-state index contributed by atoms with van der Waals surface area (Å²) in [7, 11) is 0. The monoisotopic (exact) mass is 312 g/mol. The number of carbonyl (C=O) groups is 1. The van der Waals surface area contributed by atoms with Crippen LogP contribution in [0.5, 0.6) is 0 Å². The van der Waals surface area contributed by atoms with Gasteiger partial charge in [0, 0.05) is 4.88 Å². The summed E-state index contributed by atoms with van der Waals surface area (Å²) in [5, 5.41) is 4.08. The van der Waals surface area contributed by atoms with E-state index in [-0.39, 0.29) is 5.91 Å². The molecule has 0 fully saturated rings. The fourth-order valence-corrected chi connectivity index (χ4v) is 3.86. The van der Waals surface area contributed by atoms with Crippen LogP contribution in [0.25, 0.3) is 0 Å². The number of benzene rings is 1. The number of aryl methyl sites for hydroxylation is 2. The average Bonchev–Trinajstić information content (AvgIpc) is 2.92. The average molecular weight is 312 g/mol. The third-order valence-corrected chi connectivity index (χ3v) is 5.35. The van der Waals surface area contributed by atoms with Gasteiger partial charge in [-0.15, -0.1) is 11.3 Å². The van der Waals surface area contributed by atoms with Gasteiger partial charge in [0.25, 0.3) is 5.91 Å². The molecule has 1 aliphatic rings. The molecule has 22 heavy (non-hydrogen) atoms. The van der Waals surface area contributed by atoms with Crippen molar-refractivity contribution in [2.45, 2.75) is 33.1 Å². The van der Waals surface area contributed by atoms with Crippen molar-refractivity contribution in [3.8, 4) is 0 Å². The number of nitrogens with zero attached hydrogens (tertiary/aromatic N) is 1. The molecule has 1 heterocycles. The van der Waals surface area contributed by atoms with Crippen LogP contribution in [0, 0.1) is 12.8 Å². The summed E-state index contributed by atoms with van der Waals surface area (Å²) in [6, 6.07) is 10.00. The highest BCUT2D eigenvalue weighted by Gasteiger charge is 2.20. The summed E-state index contributed by atoms with van der Waals surface area (Å²) >= 11 is 1.61. The zero-order valence-corrected chi connectivity index (χ0v) is 13.7. The fourth-order valence-electron chi connectivity index (χ4n) is 2.76. The standard InChI is InChI=1S/C18H20N2OS/c1-12-7-8-16-15(9-12)10-17(22-16)18(21)20-19-11-14-6-4-3-5-13(14)2/h3-6,10-12H,7-9H2,1-2H3,(H,20,21)/b19-11-/t12-/m1/s1. The van der Waals surface area contributed by atoms with Crippen molar-refractivity contribution in [2.75, 3.05) is 0 Å². The van der Waals surface area contributed by atoms with Gasteiger partial charge in [-0.2, -0.15) is 5.10 Å². The topological polar surface area (TPSA) is 41.5 Å². The second-order valence-electron chi connectivity index (χ2n) is 5.96. The number of nitrogens with one attached hydrogen (secondary N) is 1. The van der Waals surface area contributed by atoms with Gasteiger partial charge in [0.2, 0.25) is 0 Å². The lowest BCUT2D eigenvalue weighted by molar-refractivity contribution is 0.0959. The molecule has 1 aromatic carbocycles. The normalized spacial score (nSPS) is 17.5. The summed E-state index contributed by atoms with van der Waals surface area (Å²) in [6.07, 6.45) is 5.11. The number of hydrogen-bond acceptors (Lipinski definition) is 3. The smallest absolute Gasteiger partial charge is 0.266 e. The molecule has 0 radical (unpaired) electrons. The second-order valence-corrected chi connectivity index (χ2v) is 7.10. The van der Waals surface area contributed by atoms with Gasteiger partial charge in [-0.1, -0.05) is 31.2 Å². The summed E-state index contributed by atoms with van der Waals surface area (Å²) in [4.78, 5) is 14.3. The summed E-state index contributed by atoms with van der Waals surface area (Å²) < 4.78 is 0. The van der Waals surface area contributed by atoms with Crippen LogP contribution < -0.4 is 5.43 Å². The van der Waals surface area contributed by atoms with E-state index in [0.29, 0.717) is 0 Å². The van der Waals surface area contributed by atoms with Gasteiger partial charge < -0.3 is 0 Å². The van der Waals surface area contributed by atoms with E-state index in [1.807, 2.05) is 37.3 Å². The largest absolute Gasteiger partial charge is 0.281 e. The fraction of sp³-hybridized carbons (Fsp3) is 0.333. The Morgan fingerprint density at radius 1 is 1.41 bits per heavy atom. The van der Waals surface area contributed by atoms with Crippen LogP contribution in [0.2, 0.25) is 0 Å². The molecule has 3 rings (SSSR count). The lowest BCUT2D eigenvalue weighted by Gasteiger charge is -2.16. The van der Waals surface area contributed by atoms with E-state index in [9.17, 15) is 4.79 Å². The van der Waals surface area contributed by atoms with Gasteiger partial charge in [0.1, 0.15) is 0 Å². The molecule has 0 saturated carbocycles. The van der Waals surface area contributed by atoms with Gasteiger partial charge >= 0.3 is 0 Å². The third-order valence-electron chi connectivity index (χ3n) is 4.11. The van der Waals surface area contributed by atoms with Crippen molar-refractivity contribution < 1.29 is 4.79 Å². The Labute approximate surface area is 135 Å². The molecular weight excluding hydrogens is 292 g/mol. The number of hydrazone groups is 1. The van der Waals surface area contributed by atoms with Crippen LogP contribution in [0.4, 0.5) is 0 Å². The molecule has 4 heteroatoms. The quantitative estimate of drug-likeness (QED) is 0.677. The zero-order chi connectivity index (χ0) is 15.5. The molecule has 1 aromatic heterocycles. The first-order valence-electron chi connectivity index (χ1n) is 7.64. The van der Waals surface area contributed by atoms with Crippen LogP contribution in [0.15, 0.2) is 35.4 Å². The van der Waals surface area contributed by atoms with E-state index in [2.05, 4.69) is 17.5 Å². The van der Waals surface area contributed by atoms with Crippen LogP contribution in [0.3, 0.4) is 0 Å². The predicted octanol–water partition coefficient (Wildman–Crippen LogP) is 3.95. The van der Waals surface area contributed by atoms with E-state index >= 15 is 0 Å². The molecule has 0 bridgehead atoms. The van der Waals surface area contributed by atoms with Gasteiger partial charge in [-0.05, 0) is 54.9 Å². The Bertz CT molecular complexity index is 718. The molecule has 1 N–H and O–H groups in total. The SMILES string of the molecule is Cc1ccccc1/C=N\NC(=O)c1cc2c(s1)CC[C@@H](C)C2. The maximum absolute atomic E-state index is 12.2. The Balaban J connectivity index is 1.67. The minimum Gasteiger partial charge on any atom is -0.266 e. The number of amides is 1. The first kappa shape index (κ1) is 15.0. The number of hydrogen-bond donors (Lipinski definition) is 1. The molecule has 1 atom stereocenters. The van der Waals surface area contributed by atoms with E-state index in [1.54, 1.807) is 17.6 Å². The third kappa shape index (κ3) is 3.28. The van der Waals surface area contributed by atoms with Crippen molar-refractivity contribution in [1.29, 1.82) is 0 Å². The highest BCUT2D eigenvalue weighted by Crippen LogP contribution is 2.32. The van der Waals surface area contributed by atoms with Gasteiger partial charge in [0.15, 0.2) is 0 Å². The van der Waals surface area contributed by atoms with Crippen LogP contribution in [-0.2, 0) is 12.8 Å². The molecular formula is C18H20N2OS. The van der Waals surface area contributed by atoms with Crippen LogP contribution >= 0.6 is 11.3 Å². The molecule has 114 valence electrons.